The molecular formula is C24H43N7O3. The average Bonchev–Trinajstić information content (AvgIpc) is 3.23. The van der Waals surface area contributed by atoms with Crippen molar-refractivity contribution in [2.24, 2.45) is 10.9 Å². The Kier molecular flexibility index (Phi) is 11.1. The molecule has 2 aliphatic heterocycles. The smallest absolute Gasteiger partial charge is 0.321 e. The maximum atomic E-state index is 13.5. The van der Waals surface area contributed by atoms with Gasteiger partial charge in [0.25, 0.3) is 0 Å². The van der Waals surface area contributed by atoms with Crippen LogP contribution in [0.25, 0.3) is 0 Å². The number of hydrogen-bond acceptors (Lipinski definition) is 6. The van der Waals surface area contributed by atoms with Gasteiger partial charge in [-0.3, -0.25) is 15.0 Å². The minimum atomic E-state index is -0.920. The maximum Gasteiger partial charge on any atom is 0.321 e. The third-order valence-corrected chi connectivity index (χ3v) is 6.48. The summed E-state index contributed by atoms with van der Waals surface area (Å²) in [6.45, 7) is 14.2. The van der Waals surface area contributed by atoms with E-state index in [1.165, 1.54) is 0 Å². The highest BCUT2D eigenvalue weighted by Crippen LogP contribution is 2.25. The van der Waals surface area contributed by atoms with E-state index < -0.39 is 11.6 Å². The van der Waals surface area contributed by atoms with Gasteiger partial charge >= 0.3 is 6.03 Å². The Bertz CT molecular complexity index is 741. The van der Waals surface area contributed by atoms with Crippen molar-refractivity contribution in [1.29, 1.82) is 5.26 Å². The van der Waals surface area contributed by atoms with Crippen LogP contribution in [-0.2, 0) is 9.53 Å². The number of nitriles is 1. The average molecular weight is 478 g/mol. The van der Waals surface area contributed by atoms with Crippen LogP contribution >= 0.6 is 0 Å². The molecule has 2 aliphatic rings. The van der Waals surface area contributed by atoms with Crippen molar-refractivity contribution in [3.8, 4) is 6.07 Å². The monoisotopic (exact) mass is 477 g/mol. The molecule has 2 atom stereocenters. The molecule has 10 heteroatoms. The number of amides is 3. The molecule has 0 aromatic rings. The number of carbonyl (C=O) groups excluding carboxylic acids is 2. The molecule has 0 aromatic heterocycles. The molecule has 0 radical (unpaired) electrons. The molecule has 2 heterocycles. The predicted molar refractivity (Wildman–Crippen MR) is 132 cm³/mol. The van der Waals surface area contributed by atoms with Gasteiger partial charge in [-0.15, -0.1) is 0 Å². The van der Waals surface area contributed by atoms with Gasteiger partial charge in [-0.05, 0) is 38.5 Å². The van der Waals surface area contributed by atoms with Crippen molar-refractivity contribution in [2.75, 3.05) is 45.9 Å². The fourth-order valence-corrected chi connectivity index (χ4v) is 4.58. The van der Waals surface area contributed by atoms with Crippen molar-refractivity contribution >= 4 is 17.9 Å². The number of hydrogen-bond donors (Lipinski definition) is 3. The molecule has 2 rings (SSSR count). The van der Waals surface area contributed by atoms with Crippen LogP contribution in [0.1, 0.15) is 60.3 Å². The summed E-state index contributed by atoms with van der Waals surface area (Å²) in [6.07, 6.45) is 3.13. The molecule has 10 nitrogen and oxygen atoms in total. The van der Waals surface area contributed by atoms with E-state index in [4.69, 9.17) is 9.73 Å². The SMILES string of the molecule is CCNC(=O)NC(=NC(CC(C)C)C(=O)NC1(C#N)CCN(C(CC)CC)C1)N1CCOCC1. The van der Waals surface area contributed by atoms with Crippen molar-refractivity contribution in [1.82, 2.24) is 25.8 Å². The number of guanidine groups is 1. The van der Waals surface area contributed by atoms with Gasteiger partial charge in [0.2, 0.25) is 11.9 Å². The standard InChI is InChI=1S/C24H43N7O3/c1-6-19(7-2)31-10-9-24(16-25,17-31)29-21(32)20(15-18(4)5)27-22(28-23(33)26-8-3)30-11-13-34-14-12-30/h18-20H,6-15,17H2,1-5H3,(H,29,32)(H2,26,27,28,33). The third-order valence-electron chi connectivity index (χ3n) is 6.48. The van der Waals surface area contributed by atoms with E-state index in [9.17, 15) is 14.9 Å². The first-order chi connectivity index (χ1) is 16.3. The van der Waals surface area contributed by atoms with E-state index in [0.29, 0.717) is 64.2 Å². The largest absolute Gasteiger partial charge is 0.378 e. The van der Waals surface area contributed by atoms with Crippen molar-refractivity contribution < 1.29 is 14.3 Å². The van der Waals surface area contributed by atoms with Crippen LogP contribution in [0.5, 0.6) is 0 Å². The molecule has 0 spiro atoms. The molecule has 2 unspecified atom stereocenters. The topological polar surface area (TPSA) is 122 Å². The summed E-state index contributed by atoms with van der Waals surface area (Å²) < 4.78 is 5.44. The summed E-state index contributed by atoms with van der Waals surface area (Å²) in [5, 5.41) is 18.6. The van der Waals surface area contributed by atoms with E-state index >= 15 is 0 Å². The third kappa shape index (κ3) is 7.84. The molecule has 2 fully saturated rings. The lowest BCUT2D eigenvalue weighted by Gasteiger charge is -2.31. The zero-order valence-electron chi connectivity index (χ0n) is 21.5. The molecule has 0 saturated carbocycles. The molecular weight excluding hydrogens is 434 g/mol. The van der Waals surface area contributed by atoms with Gasteiger partial charge in [0, 0.05) is 38.8 Å². The van der Waals surface area contributed by atoms with Crippen LogP contribution in [0.2, 0.25) is 0 Å². The Morgan fingerprint density at radius 1 is 1.15 bits per heavy atom. The zero-order valence-corrected chi connectivity index (χ0v) is 21.5. The normalized spacial score (nSPS) is 22.5. The number of nitrogens with zero attached hydrogens (tertiary/aromatic N) is 4. The lowest BCUT2D eigenvalue weighted by molar-refractivity contribution is -0.124. The van der Waals surface area contributed by atoms with Crippen LogP contribution in [0.3, 0.4) is 0 Å². The number of ether oxygens (including phenoxy) is 1. The minimum Gasteiger partial charge on any atom is -0.378 e. The quantitative estimate of drug-likeness (QED) is 0.343. The zero-order chi connectivity index (χ0) is 25.1. The van der Waals surface area contributed by atoms with Crippen LogP contribution in [-0.4, -0.2) is 91.3 Å². The van der Waals surface area contributed by atoms with Gasteiger partial charge in [-0.25, -0.2) is 9.79 Å². The molecule has 3 amide bonds. The summed E-state index contributed by atoms with van der Waals surface area (Å²) in [6, 6.07) is 1.72. The Labute approximate surface area is 204 Å². The molecule has 0 aromatic carbocycles. The van der Waals surface area contributed by atoms with E-state index in [0.717, 1.165) is 19.4 Å². The molecule has 0 aliphatic carbocycles. The van der Waals surface area contributed by atoms with Crippen molar-refractivity contribution in [3.63, 3.8) is 0 Å². The Balaban J connectivity index is 2.25. The lowest BCUT2D eigenvalue weighted by Crippen LogP contribution is -2.55. The summed E-state index contributed by atoms with van der Waals surface area (Å²) in [5.41, 5.74) is -0.920. The number of aliphatic imine (C=N–C) groups is 1. The molecule has 34 heavy (non-hydrogen) atoms. The fraction of sp³-hybridized carbons (Fsp3) is 0.833. The molecule has 2 saturated heterocycles. The van der Waals surface area contributed by atoms with Gasteiger partial charge in [0.1, 0.15) is 11.6 Å². The van der Waals surface area contributed by atoms with E-state index in [2.05, 4.69) is 40.8 Å². The summed E-state index contributed by atoms with van der Waals surface area (Å²) >= 11 is 0. The highest BCUT2D eigenvalue weighted by Gasteiger charge is 2.42. The van der Waals surface area contributed by atoms with E-state index in [-0.39, 0.29) is 17.9 Å². The minimum absolute atomic E-state index is 0.206. The number of urea groups is 1. The number of rotatable bonds is 9. The highest BCUT2D eigenvalue weighted by molar-refractivity contribution is 5.97. The number of carbonyl (C=O) groups is 2. The molecule has 3 N–H and O–H groups in total. The van der Waals surface area contributed by atoms with Crippen LogP contribution < -0.4 is 16.0 Å². The number of nitrogens with one attached hydrogen (secondary N) is 3. The Hall–Kier alpha value is -2.38. The van der Waals surface area contributed by atoms with Gasteiger partial charge in [-0.1, -0.05) is 27.7 Å². The van der Waals surface area contributed by atoms with E-state index in [1.54, 1.807) is 0 Å². The Morgan fingerprint density at radius 3 is 2.38 bits per heavy atom. The predicted octanol–water partition coefficient (Wildman–Crippen LogP) is 1.68. The molecule has 0 bridgehead atoms. The fourth-order valence-electron chi connectivity index (χ4n) is 4.58. The first-order valence-electron chi connectivity index (χ1n) is 12.7. The summed E-state index contributed by atoms with van der Waals surface area (Å²) in [4.78, 5) is 34.8. The number of morpholine rings is 1. The van der Waals surface area contributed by atoms with E-state index in [1.807, 2.05) is 25.7 Å². The Morgan fingerprint density at radius 2 is 1.82 bits per heavy atom. The van der Waals surface area contributed by atoms with Gasteiger partial charge in [0.15, 0.2) is 0 Å². The summed E-state index contributed by atoms with van der Waals surface area (Å²) in [5.74, 6) is 0.300. The maximum absolute atomic E-state index is 13.5. The van der Waals surface area contributed by atoms with Crippen LogP contribution in [0.4, 0.5) is 4.79 Å². The highest BCUT2D eigenvalue weighted by atomic mass is 16.5. The van der Waals surface area contributed by atoms with Gasteiger partial charge < -0.3 is 20.3 Å². The van der Waals surface area contributed by atoms with Crippen LogP contribution in [0.15, 0.2) is 4.99 Å². The van der Waals surface area contributed by atoms with Crippen molar-refractivity contribution in [2.45, 2.75) is 77.9 Å². The second kappa shape index (κ2) is 13.5. The first kappa shape index (κ1) is 27.9. The van der Waals surface area contributed by atoms with Crippen molar-refractivity contribution in [3.05, 3.63) is 0 Å². The summed E-state index contributed by atoms with van der Waals surface area (Å²) in [7, 11) is 0. The van der Waals surface area contributed by atoms with Gasteiger partial charge in [0.05, 0.1) is 19.3 Å². The lowest BCUT2D eigenvalue weighted by atomic mass is 9.98. The molecule has 192 valence electrons. The first-order valence-corrected chi connectivity index (χ1v) is 12.7. The van der Waals surface area contributed by atoms with Crippen LogP contribution in [0, 0.1) is 17.2 Å². The number of likely N-dealkylation sites (tertiary alicyclic amines) is 1. The van der Waals surface area contributed by atoms with Gasteiger partial charge in [-0.2, -0.15) is 5.26 Å². The second-order valence-corrected chi connectivity index (χ2v) is 9.56. The second-order valence-electron chi connectivity index (χ2n) is 9.56.